The molecule has 0 saturated carbocycles. The maximum atomic E-state index is 12.5. The fourth-order valence-corrected chi connectivity index (χ4v) is 3.45. The number of hydrogen-bond donors (Lipinski definition) is 4. The molecule has 3 rings (SSSR count). The van der Waals surface area contributed by atoms with Crippen molar-refractivity contribution in [2.45, 2.75) is 32.9 Å². The van der Waals surface area contributed by atoms with Gasteiger partial charge in [0.1, 0.15) is 5.82 Å². The molecular formula is C24H25ClN4O3. The minimum absolute atomic E-state index is 0.0301. The van der Waals surface area contributed by atoms with E-state index in [2.05, 4.69) is 15.6 Å². The Morgan fingerprint density at radius 1 is 1.12 bits per heavy atom. The average Bonchev–Trinajstić information content (AvgIpc) is 2.73. The van der Waals surface area contributed by atoms with Crippen LogP contribution in [0, 0.1) is 6.92 Å². The lowest BCUT2D eigenvalue weighted by atomic mass is 9.99. The number of carbonyl (C=O) groups excluding carboxylic acids is 2. The Morgan fingerprint density at radius 3 is 2.53 bits per heavy atom. The number of nitrogens with zero attached hydrogens (tertiary/aromatic N) is 1. The van der Waals surface area contributed by atoms with Gasteiger partial charge in [0.2, 0.25) is 0 Å². The zero-order valence-electron chi connectivity index (χ0n) is 18.0. The minimum atomic E-state index is -1.35. The zero-order valence-corrected chi connectivity index (χ0v) is 18.8. The first-order valence-electron chi connectivity index (χ1n) is 10.1. The van der Waals surface area contributed by atoms with E-state index in [4.69, 9.17) is 17.3 Å². The Labute approximate surface area is 191 Å². The van der Waals surface area contributed by atoms with Gasteiger partial charge in [0, 0.05) is 28.5 Å². The molecular weight excluding hydrogens is 428 g/mol. The molecule has 7 nitrogen and oxygen atoms in total. The zero-order chi connectivity index (χ0) is 23.4. The highest BCUT2D eigenvalue weighted by Gasteiger charge is 2.19. The summed E-state index contributed by atoms with van der Waals surface area (Å²) in [6.07, 6.45) is 0.252. The fourth-order valence-electron chi connectivity index (χ4n) is 3.25. The number of halogens is 1. The normalized spacial score (nSPS) is 11.8. The van der Waals surface area contributed by atoms with Gasteiger partial charge in [-0.1, -0.05) is 29.8 Å². The van der Waals surface area contributed by atoms with E-state index in [1.54, 1.807) is 48.7 Å². The van der Waals surface area contributed by atoms with Crippen LogP contribution >= 0.6 is 11.6 Å². The van der Waals surface area contributed by atoms with Crippen molar-refractivity contribution in [3.8, 4) is 11.1 Å². The van der Waals surface area contributed by atoms with Gasteiger partial charge in [-0.3, -0.25) is 9.59 Å². The van der Waals surface area contributed by atoms with Gasteiger partial charge in [-0.2, -0.15) is 0 Å². The van der Waals surface area contributed by atoms with Gasteiger partial charge in [0.15, 0.2) is 6.10 Å². The van der Waals surface area contributed by atoms with Crippen LogP contribution in [0.1, 0.15) is 41.4 Å². The molecule has 32 heavy (non-hydrogen) atoms. The second-order valence-corrected chi connectivity index (χ2v) is 8.20. The van der Waals surface area contributed by atoms with Crippen molar-refractivity contribution in [1.29, 1.82) is 0 Å². The molecule has 0 radical (unpaired) electrons. The SMILES string of the molecule is Cc1cc(NC(=O)C(O)c2cccc(Cl)c2)ccc1-c1cnc(N)c(C(=O)NC(C)C)c1. The summed E-state index contributed by atoms with van der Waals surface area (Å²) in [7, 11) is 0. The van der Waals surface area contributed by atoms with E-state index in [0.29, 0.717) is 21.8 Å². The molecule has 2 amide bonds. The van der Waals surface area contributed by atoms with E-state index in [1.165, 1.54) is 0 Å². The first kappa shape index (κ1) is 23.2. The molecule has 1 aromatic heterocycles. The molecule has 0 aliphatic rings. The highest BCUT2D eigenvalue weighted by Crippen LogP contribution is 2.28. The molecule has 166 valence electrons. The van der Waals surface area contributed by atoms with Crippen LogP contribution in [0.25, 0.3) is 11.1 Å². The predicted octanol–water partition coefficient (Wildman–Crippen LogP) is 4.10. The summed E-state index contributed by atoms with van der Waals surface area (Å²) in [5, 5.41) is 16.3. The third kappa shape index (κ3) is 5.43. The van der Waals surface area contributed by atoms with E-state index >= 15 is 0 Å². The van der Waals surface area contributed by atoms with Crippen molar-refractivity contribution in [3.05, 3.63) is 76.4 Å². The number of anilines is 2. The molecule has 1 heterocycles. The summed E-state index contributed by atoms with van der Waals surface area (Å²) in [4.78, 5) is 29.0. The van der Waals surface area contributed by atoms with E-state index < -0.39 is 12.0 Å². The average molecular weight is 453 g/mol. The molecule has 3 aromatic rings. The standard InChI is InChI=1S/C24H25ClN4O3/c1-13(2)28-23(31)20-11-16(12-27-22(20)26)19-8-7-18(9-14(19)3)29-24(32)21(30)15-5-4-6-17(25)10-15/h4-13,21,30H,1-3H3,(H2,26,27)(H,28,31)(H,29,32). The largest absolute Gasteiger partial charge is 0.383 e. The minimum Gasteiger partial charge on any atom is -0.383 e. The van der Waals surface area contributed by atoms with E-state index in [9.17, 15) is 14.7 Å². The van der Waals surface area contributed by atoms with Gasteiger partial charge in [-0.15, -0.1) is 0 Å². The lowest BCUT2D eigenvalue weighted by Crippen LogP contribution is -2.30. The molecule has 0 aliphatic carbocycles. The van der Waals surface area contributed by atoms with Crippen molar-refractivity contribution in [1.82, 2.24) is 10.3 Å². The number of carbonyl (C=O) groups is 2. The molecule has 5 N–H and O–H groups in total. The first-order valence-corrected chi connectivity index (χ1v) is 10.5. The number of aromatic nitrogens is 1. The fraction of sp³-hybridized carbons (Fsp3) is 0.208. The number of nitrogens with one attached hydrogen (secondary N) is 2. The maximum Gasteiger partial charge on any atom is 0.257 e. The van der Waals surface area contributed by atoms with Gasteiger partial charge in [-0.05, 0) is 67.8 Å². The van der Waals surface area contributed by atoms with Crippen molar-refractivity contribution < 1.29 is 14.7 Å². The van der Waals surface area contributed by atoms with Crippen molar-refractivity contribution >= 4 is 34.9 Å². The van der Waals surface area contributed by atoms with Crippen LogP contribution in [0.15, 0.2) is 54.7 Å². The number of aliphatic hydroxyl groups excluding tert-OH is 1. The van der Waals surface area contributed by atoms with Crippen LogP contribution in [0.3, 0.4) is 0 Å². The summed E-state index contributed by atoms with van der Waals surface area (Å²) in [6, 6.07) is 13.5. The summed E-state index contributed by atoms with van der Waals surface area (Å²) in [5.74, 6) is -0.701. The Kier molecular flexibility index (Phi) is 7.12. The first-order chi connectivity index (χ1) is 15.2. The quantitative estimate of drug-likeness (QED) is 0.449. The number of aryl methyl sites for hydroxylation is 1. The van der Waals surface area contributed by atoms with Crippen LogP contribution in [0.5, 0.6) is 0 Å². The molecule has 8 heteroatoms. The van der Waals surface area contributed by atoms with Crippen LogP contribution < -0.4 is 16.4 Å². The van der Waals surface area contributed by atoms with Gasteiger partial charge in [-0.25, -0.2) is 4.98 Å². The maximum absolute atomic E-state index is 12.5. The number of benzene rings is 2. The number of rotatable bonds is 6. The van der Waals surface area contributed by atoms with Gasteiger partial charge < -0.3 is 21.5 Å². The van der Waals surface area contributed by atoms with Crippen LogP contribution in [-0.2, 0) is 4.79 Å². The molecule has 2 aromatic carbocycles. The Hall–Kier alpha value is -3.42. The predicted molar refractivity (Wildman–Crippen MR) is 126 cm³/mol. The number of pyridine rings is 1. The molecule has 1 atom stereocenters. The molecule has 0 bridgehead atoms. The van der Waals surface area contributed by atoms with E-state index in [0.717, 1.165) is 16.7 Å². The Morgan fingerprint density at radius 2 is 1.88 bits per heavy atom. The van der Waals surface area contributed by atoms with E-state index in [1.807, 2.05) is 26.8 Å². The van der Waals surface area contributed by atoms with Crippen LogP contribution in [0.4, 0.5) is 11.5 Å². The molecule has 1 unspecified atom stereocenters. The Balaban J connectivity index is 1.81. The third-order valence-corrected chi connectivity index (χ3v) is 5.04. The topological polar surface area (TPSA) is 117 Å². The number of aliphatic hydroxyl groups is 1. The summed E-state index contributed by atoms with van der Waals surface area (Å²) >= 11 is 5.93. The second-order valence-electron chi connectivity index (χ2n) is 7.76. The summed E-state index contributed by atoms with van der Waals surface area (Å²) < 4.78 is 0. The van der Waals surface area contributed by atoms with Crippen LogP contribution in [0.2, 0.25) is 5.02 Å². The number of hydrogen-bond acceptors (Lipinski definition) is 5. The van der Waals surface area contributed by atoms with Gasteiger partial charge in [0.25, 0.3) is 11.8 Å². The van der Waals surface area contributed by atoms with Crippen molar-refractivity contribution in [2.24, 2.45) is 0 Å². The molecule has 0 fully saturated rings. The molecule has 0 aliphatic heterocycles. The number of nitrogens with two attached hydrogens (primary N) is 1. The second kappa shape index (κ2) is 9.80. The summed E-state index contributed by atoms with van der Waals surface area (Å²) in [5.41, 5.74) is 9.54. The Bertz CT molecular complexity index is 1160. The van der Waals surface area contributed by atoms with Gasteiger partial charge >= 0.3 is 0 Å². The third-order valence-electron chi connectivity index (χ3n) is 4.80. The lowest BCUT2D eigenvalue weighted by molar-refractivity contribution is -0.124. The summed E-state index contributed by atoms with van der Waals surface area (Å²) in [6.45, 7) is 5.61. The molecule has 0 spiro atoms. The lowest BCUT2D eigenvalue weighted by Gasteiger charge is -2.15. The number of amides is 2. The van der Waals surface area contributed by atoms with Crippen molar-refractivity contribution in [2.75, 3.05) is 11.1 Å². The van der Waals surface area contributed by atoms with Crippen molar-refractivity contribution in [3.63, 3.8) is 0 Å². The highest BCUT2D eigenvalue weighted by molar-refractivity contribution is 6.30. The molecule has 0 saturated heterocycles. The van der Waals surface area contributed by atoms with Crippen LogP contribution in [-0.4, -0.2) is 27.9 Å². The number of nitrogen functional groups attached to an aromatic ring is 1. The van der Waals surface area contributed by atoms with E-state index in [-0.39, 0.29) is 17.8 Å². The van der Waals surface area contributed by atoms with Gasteiger partial charge in [0.05, 0.1) is 5.56 Å². The smallest absolute Gasteiger partial charge is 0.257 e. The monoisotopic (exact) mass is 452 g/mol. The highest BCUT2D eigenvalue weighted by atomic mass is 35.5.